The Morgan fingerprint density at radius 3 is 2.56 bits per heavy atom. The molecule has 7 heteroatoms. The van der Waals surface area contributed by atoms with E-state index in [1.807, 2.05) is 0 Å². The molecular weight excluding hydrogens is 329 g/mol. The van der Waals surface area contributed by atoms with E-state index in [0.29, 0.717) is 5.56 Å². The third-order valence-corrected chi connectivity index (χ3v) is 3.08. The van der Waals surface area contributed by atoms with Gasteiger partial charge in [-0.05, 0) is 40.5 Å². The molecule has 0 radical (unpaired) electrons. The lowest BCUT2D eigenvalue weighted by atomic mass is 10.2. The molecule has 0 saturated carbocycles. The van der Waals surface area contributed by atoms with E-state index in [9.17, 15) is 13.2 Å². The number of hydrogen-bond acceptors (Lipinski definition) is 2. The Labute approximate surface area is 117 Å². The molecule has 0 atom stereocenters. The highest BCUT2D eigenvalue weighted by atomic mass is 79.9. The molecule has 0 spiro atoms. The summed E-state index contributed by atoms with van der Waals surface area (Å²) in [5, 5.41) is 2.91. The van der Waals surface area contributed by atoms with E-state index < -0.39 is 12.6 Å². The van der Waals surface area contributed by atoms with Gasteiger partial charge in [0.25, 0.3) is 0 Å². The third-order valence-electron chi connectivity index (χ3n) is 2.20. The van der Waals surface area contributed by atoms with E-state index in [2.05, 4.69) is 21.2 Å². The molecule has 1 aromatic carbocycles. The molecule has 0 aliphatic rings. The average Bonchev–Trinajstić information content (AvgIpc) is 2.22. The number of alkyl halides is 3. The van der Waals surface area contributed by atoms with Crippen molar-refractivity contribution in [3.63, 3.8) is 0 Å². The molecule has 100 valence electrons. The van der Waals surface area contributed by atoms with Gasteiger partial charge in [0.05, 0.1) is 0 Å². The zero-order chi connectivity index (χ0) is 13.8. The van der Waals surface area contributed by atoms with Crippen molar-refractivity contribution >= 4 is 38.8 Å². The van der Waals surface area contributed by atoms with Gasteiger partial charge in [-0.2, -0.15) is 13.2 Å². The van der Waals surface area contributed by atoms with Gasteiger partial charge in [0.1, 0.15) is 4.99 Å². The molecule has 0 bridgehead atoms. The lowest BCUT2D eigenvalue weighted by Gasteiger charge is -2.10. The van der Waals surface area contributed by atoms with Crippen LogP contribution in [0.5, 0.6) is 0 Å². The van der Waals surface area contributed by atoms with Crippen LogP contribution in [0.15, 0.2) is 22.7 Å². The molecule has 2 nitrogen and oxygen atoms in total. The topological polar surface area (TPSA) is 38.0 Å². The molecule has 1 rings (SSSR count). The molecule has 0 aliphatic carbocycles. The molecular formula is C11H12BrF3N2S. The van der Waals surface area contributed by atoms with E-state index in [1.54, 1.807) is 18.2 Å². The monoisotopic (exact) mass is 340 g/mol. The van der Waals surface area contributed by atoms with Gasteiger partial charge in [-0.1, -0.05) is 12.2 Å². The van der Waals surface area contributed by atoms with Gasteiger partial charge in [-0.25, -0.2) is 0 Å². The average molecular weight is 341 g/mol. The number of nitrogens with two attached hydrogens (primary N) is 1. The van der Waals surface area contributed by atoms with Crippen molar-refractivity contribution in [1.29, 1.82) is 0 Å². The molecule has 3 N–H and O–H groups in total. The summed E-state index contributed by atoms with van der Waals surface area (Å²) in [5.41, 5.74) is 6.92. The second kappa shape index (κ2) is 6.38. The lowest BCUT2D eigenvalue weighted by molar-refractivity contribution is -0.134. The van der Waals surface area contributed by atoms with Crippen LogP contribution >= 0.6 is 28.1 Å². The van der Waals surface area contributed by atoms with Crippen LogP contribution in [0.25, 0.3) is 0 Å². The number of benzene rings is 1. The first kappa shape index (κ1) is 15.2. The number of rotatable bonds is 5. The Hall–Kier alpha value is -0.820. The number of thiocarbonyl (C=S) groups is 1. The summed E-state index contributed by atoms with van der Waals surface area (Å²) in [4.78, 5) is 0.269. The molecule has 0 saturated heterocycles. The largest absolute Gasteiger partial charge is 0.389 e. The highest BCUT2D eigenvalue weighted by Crippen LogP contribution is 2.23. The molecule has 18 heavy (non-hydrogen) atoms. The Morgan fingerprint density at radius 1 is 1.39 bits per heavy atom. The fourth-order valence-corrected chi connectivity index (χ4v) is 2.25. The van der Waals surface area contributed by atoms with Crippen LogP contribution in [0.1, 0.15) is 18.4 Å². The molecule has 1 aromatic rings. The first-order valence-corrected chi connectivity index (χ1v) is 6.40. The van der Waals surface area contributed by atoms with Crippen LogP contribution in [0.4, 0.5) is 18.9 Å². The Balaban J connectivity index is 2.49. The summed E-state index contributed by atoms with van der Waals surface area (Å²) in [6, 6.07) is 5.19. The van der Waals surface area contributed by atoms with Gasteiger partial charge >= 0.3 is 6.18 Å². The van der Waals surface area contributed by atoms with Crippen LogP contribution in [0.2, 0.25) is 0 Å². The Bertz CT molecular complexity index is 435. The van der Waals surface area contributed by atoms with E-state index in [4.69, 9.17) is 18.0 Å². The quantitative estimate of drug-likeness (QED) is 0.631. The second-order valence-corrected chi connectivity index (χ2v) is 5.00. The van der Waals surface area contributed by atoms with Crippen LogP contribution in [-0.2, 0) is 0 Å². The number of halogens is 4. The molecule has 0 unspecified atom stereocenters. The van der Waals surface area contributed by atoms with Gasteiger partial charge in [0.15, 0.2) is 0 Å². The van der Waals surface area contributed by atoms with Gasteiger partial charge < -0.3 is 11.1 Å². The molecule has 0 aromatic heterocycles. The minimum atomic E-state index is -4.10. The highest BCUT2D eigenvalue weighted by molar-refractivity contribution is 9.10. The van der Waals surface area contributed by atoms with Crippen LogP contribution < -0.4 is 11.1 Å². The summed E-state index contributed by atoms with van der Waals surface area (Å²) in [5.74, 6) is 0. The number of nitrogens with one attached hydrogen (secondary N) is 1. The van der Waals surface area contributed by atoms with Crippen molar-refractivity contribution in [2.75, 3.05) is 11.9 Å². The SMILES string of the molecule is NC(=S)c1ccc(NCCCC(F)(F)F)cc1Br. The van der Waals surface area contributed by atoms with Crippen molar-refractivity contribution in [3.8, 4) is 0 Å². The summed E-state index contributed by atoms with van der Waals surface area (Å²) in [6.45, 7) is 0.262. The van der Waals surface area contributed by atoms with Crippen LogP contribution in [-0.4, -0.2) is 17.7 Å². The predicted octanol–water partition coefficient (Wildman–Crippen LogP) is 3.84. The lowest BCUT2D eigenvalue weighted by Crippen LogP contribution is -2.12. The number of anilines is 1. The summed E-state index contributed by atoms with van der Waals surface area (Å²) >= 11 is 8.14. The van der Waals surface area contributed by atoms with Crippen molar-refractivity contribution in [2.45, 2.75) is 19.0 Å². The van der Waals surface area contributed by atoms with Crippen molar-refractivity contribution in [3.05, 3.63) is 28.2 Å². The molecule has 0 aliphatic heterocycles. The smallest absolute Gasteiger partial charge is 0.389 e. The van der Waals surface area contributed by atoms with Gasteiger partial charge in [-0.3, -0.25) is 0 Å². The highest BCUT2D eigenvalue weighted by Gasteiger charge is 2.25. The molecule has 0 fully saturated rings. The fourth-order valence-electron chi connectivity index (χ4n) is 1.35. The Morgan fingerprint density at radius 2 is 2.06 bits per heavy atom. The van der Waals surface area contributed by atoms with Crippen LogP contribution in [0, 0.1) is 0 Å². The maximum atomic E-state index is 11.9. The number of hydrogen-bond donors (Lipinski definition) is 2. The summed E-state index contributed by atoms with van der Waals surface area (Å²) in [7, 11) is 0. The summed E-state index contributed by atoms with van der Waals surface area (Å²) in [6.07, 6.45) is -4.85. The maximum absolute atomic E-state index is 11.9. The Kier molecular flexibility index (Phi) is 5.40. The first-order chi connectivity index (χ1) is 8.29. The van der Waals surface area contributed by atoms with E-state index in [0.717, 1.165) is 10.2 Å². The zero-order valence-electron chi connectivity index (χ0n) is 9.35. The van der Waals surface area contributed by atoms with Gasteiger partial charge in [0.2, 0.25) is 0 Å². The fraction of sp³-hybridized carbons (Fsp3) is 0.364. The van der Waals surface area contributed by atoms with Gasteiger partial charge in [-0.15, -0.1) is 0 Å². The van der Waals surface area contributed by atoms with Crippen molar-refractivity contribution in [2.24, 2.45) is 5.73 Å². The van der Waals surface area contributed by atoms with Crippen molar-refractivity contribution < 1.29 is 13.2 Å². The maximum Gasteiger partial charge on any atom is 0.389 e. The minimum absolute atomic E-state index is 0.0399. The molecule has 0 heterocycles. The van der Waals surface area contributed by atoms with E-state index >= 15 is 0 Å². The van der Waals surface area contributed by atoms with Crippen molar-refractivity contribution in [1.82, 2.24) is 0 Å². The standard InChI is InChI=1S/C11H12BrF3N2S/c12-9-6-7(2-3-8(9)10(16)18)17-5-1-4-11(13,14)15/h2-3,6,17H,1,4-5H2,(H2,16,18). The van der Waals surface area contributed by atoms with Crippen LogP contribution in [0.3, 0.4) is 0 Å². The summed E-state index contributed by atoms with van der Waals surface area (Å²) < 4.78 is 36.5. The predicted molar refractivity (Wildman–Crippen MR) is 73.8 cm³/mol. The second-order valence-electron chi connectivity index (χ2n) is 3.70. The third kappa shape index (κ3) is 5.22. The minimum Gasteiger partial charge on any atom is -0.389 e. The first-order valence-electron chi connectivity index (χ1n) is 5.19. The normalized spacial score (nSPS) is 11.3. The zero-order valence-corrected chi connectivity index (χ0v) is 11.8. The van der Waals surface area contributed by atoms with E-state index in [-0.39, 0.29) is 18.0 Å². The van der Waals surface area contributed by atoms with Gasteiger partial charge in [0, 0.05) is 28.7 Å². The van der Waals surface area contributed by atoms with E-state index in [1.165, 1.54) is 0 Å². The molecule has 0 amide bonds.